The van der Waals surface area contributed by atoms with Crippen LogP contribution in [0.1, 0.15) is 12.8 Å². The molecule has 2 fully saturated rings. The molecule has 0 aromatic heterocycles. The second-order valence-electron chi connectivity index (χ2n) is 7.48. The maximum absolute atomic E-state index is 12.5. The molecule has 2 saturated heterocycles. The van der Waals surface area contributed by atoms with E-state index in [9.17, 15) is 14.8 Å². The summed E-state index contributed by atoms with van der Waals surface area (Å²) >= 11 is 15.3. The van der Waals surface area contributed by atoms with E-state index < -0.39 is 17.4 Å². The molecular formula is C19H26Cl2N4O4S2. The molecule has 0 bridgehead atoms. The van der Waals surface area contributed by atoms with E-state index in [2.05, 4.69) is 9.21 Å². The summed E-state index contributed by atoms with van der Waals surface area (Å²) in [5.41, 5.74) is 1.95. The van der Waals surface area contributed by atoms with Crippen LogP contribution in [0.25, 0.3) is 0 Å². The lowest BCUT2D eigenvalue weighted by atomic mass is 9.79. The number of likely N-dealkylation sites (tertiary alicyclic amines) is 1. The molecule has 0 radical (unpaired) electrons. The van der Waals surface area contributed by atoms with E-state index in [-0.39, 0.29) is 0 Å². The Balaban J connectivity index is 1.55. The Morgan fingerprint density at radius 2 is 1.74 bits per heavy atom. The Labute approximate surface area is 200 Å². The average Bonchev–Trinajstić information content (AvgIpc) is 2.78. The fourth-order valence-corrected chi connectivity index (χ4v) is 6.00. The number of halogens is 2. The van der Waals surface area contributed by atoms with E-state index in [1.54, 1.807) is 23.1 Å². The molecule has 1 aromatic carbocycles. The number of hydrogen-bond donors (Lipinski definition) is 2. The number of carbonyl (C=O) groups is 2. The first-order valence-corrected chi connectivity index (χ1v) is 12.8. The van der Waals surface area contributed by atoms with Crippen molar-refractivity contribution in [1.29, 1.82) is 0 Å². The van der Waals surface area contributed by atoms with Gasteiger partial charge < -0.3 is 14.0 Å². The van der Waals surface area contributed by atoms with E-state index in [0.717, 1.165) is 43.9 Å². The summed E-state index contributed by atoms with van der Waals surface area (Å²) in [5, 5.41) is 10.6. The number of benzene rings is 1. The van der Waals surface area contributed by atoms with Crippen molar-refractivity contribution in [2.45, 2.75) is 12.8 Å². The van der Waals surface area contributed by atoms with Crippen LogP contribution >= 0.6 is 47.2 Å². The number of hydroxylamine groups is 1. The number of rotatable bonds is 6. The summed E-state index contributed by atoms with van der Waals surface area (Å²) in [6.07, 6.45) is 2.21. The molecule has 1 aromatic rings. The van der Waals surface area contributed by atoms with Gasteiger partial charge in [0.25, 0.3) is 5.91 Å². The lowest BCUT2D eigenvalue weighted by Crippen LogP contribution is -2.51. The second-order valence-corrected chi connectivity index (χ2v) is 9.86. The SMILES string of the molecule is CSOC(=O)N1CCC(CSN2CCN(c3c(Cl)cccc3Cl)CC2)(C(=O)NO)CC1. The quantitative estimate of drug-likeness (QED) is 0.260. The van der Waals surface area contributed by atoms with Crippen molar-refractivity contribution < 1.29 is 19.0 Å². The molecule has 31 heavy (non-hydrogen) atoms. The third-order valence-electron chi connectivity index (χ3n) is 5.73. The summed E-state index contributed by atoms with van der Waals surface area (Å²) in [5.74, 6) is 0.122. The smallest absolute Gasteiger partial charge is 0.375 e. The van der Waals surface area contributed by atoms with Gasteiger partial charge in [-0.2, -0.15) is 0 Å². The van der Waals surface area contributed by atoms with Crippen LogP contribution in [0.5, 0.6) is 0 Å². The number of carbonyl (C=O) groups excluding carboxylic acids is 2. The fourth-order valence-electron chi connectivity index (χ4n) is 3.84. The van der Waals surface area contributed by atoms with Crippen molar-refractivity contribution in [3.63, 3.8) is 0 Å². The van der Waals surface area contributed by atoms with Gasteiger partial charge in [0, 0.05) is 51.3 Å². The maximum Gasteiger partial charge on any atom is 0.421 e. The molecule has 8 nitrogen and oxygen atoms in total. The van der Waals surface area contributed by atoms with E-state index >= 15 is 0 Å². The van der Waals surface area contributed by atoms with Crippen LogP contribution in [0.3, 0.4) is 0 Å². The number of amides is 2. The van der Waals surface area contributed by atoms with Gasteiger partial charge in [-0.25, -0.2) is 14.6 Å². The Morgan fingerprint density at radius 3 is 2.29 bits per heavy atom. The first-order valence-electron chi connectivity index (χ1n) is 9.91. The highest BCUT2D eigenvalue weighted by molar-refractivity contribution is 7.97. The Hall–Kier alpha value is -1.04. The average molecular weight is 509 g/mol. The highest BCUT2D eigenvalue weighted by Gasteiger charge is 2.43. The van der Waals surface area contributed by atoms with Gasteiger partial charge in [0.1, 0.15) is 0 Å². The Morgan fingerprint density at radius 1 is 1.13 bits per heavy atom. The summed E-state index contributed by atoms with van der Waals surface area (Å²) < 4.78 is 7.20. The summed E-state index contributed by atoms with van der Waals surface area (Å²) in [4.78, 5) is 28.2. The molecule has 12 heteroatoms. The summed E-state index contributed by atoms with van der Waals surface area (Å²) in [6, 6.07) is 5.50. The topological polar surface area (TPSA) is 85.4 Å². The predicted molar refractivity (Wildman–Crippen MR) is 126 cm³/mol. The predicted octanol–water partition coefficient (Wildman–Crippen LogP) is 3.77. The second kappa shape index (κ2) is 11.2. The molecule has 0 spiro atoms. The monoisotopic (exact) mass is 508 g/mol. The number of anilines is 1. The summed E-state index contributed by atoms with van der Waals surface area (Å²) in [6.45, 7) is 3.93. The third-order valence-corrected chi connectivity index (χ3v) is 8.06. The standard InChI is InChI=1S/C19H26Cl2N4O4S2/c1-30-29-18(27)24-7-5-19(6-8-24,17(26)22-28)13-31-25-11-9-23(10-12-25)16-14(20)3-2-4-15(16)21/h2-4,28H,5-13H2,1H3,(H,22,26). The largest absolute Gasteiger partial charge is 0.421 e. The molecular weight excluding hydrogens is 483 g/mol. The van der Waals surface area contributed by atoms with Crippen LogP contribution in [0.4, 0.5) is 10.5 Å². The highest BCUT2D eigenvalue weighted by Crippen LogP contribution is 2.38. The van der Waals surface area contributed by atoms with Crippen LogP contribution in [0.2, 0.25) is 10.0 Å². The lowest BCUT2D eigenvalue weighted by molar-refractivity contribution is -0.141. The third kappa shape index (κ3) is 5.85. The Bertz CT molecular complexity index is 768. The zero-order chi connectivity index (χ0) is 22.4. The molecule has 0 aliphatic carbocycles. The zero-order valence-electron chi connectivity index (χ0n) is 17.2. The van der Waals surface area contributed by atoms with Crippen LogP contribution in [-0.4, -0.2) is 77.7 Å². The molecule has 0 unspecified atom stereocenters. The van der Waals surface area contributed by atoms with Crippen molar-refractivity contribution in [2.75, 3.05) is 56.2 Å². The fraction of sp³-hybridized carbons (Fsp3) is 0.579. The number of para-hydroxylation sites is 1. The van der Waals surface area contributed by atoms with Crippen LogP contribution in [0.15, 0.2) is 18.2 Å². The number of nitrogens with zero attached hydrogens (tertiary/aromatic N) is 3. The minimum absolute atomic E-state index is 0.396. The van der Waals surface area contributed by atoms with E-state index in [1.807, 2.05) is 23.7 Å². The van der Waals surface area contributed by atoms with Gasteiger partial charge in [-0.05, 0) is 25.0 Å². The molecule has 2 aliphatic rings. The maximum atomic E-state index is 12.5. The normalized spacial score (nSPS) is 19.2. The van der Waals surface area contributed by atoms with E-state index in [1.165, 1.54) is 0 Å². The van der Waals surface area contributed by atoms with E-state index in [0.29, 0.717) is 41.7 Å². The molecule has 172 valence electrons. The van der Waals surface area contributed by atoms with Gasteiger partial charge in [0.15, 0.2) is 0 Å². The van der Waals surface area contributed by atoms with E-state index in [4.69, 9.17) is 27.4 Å². The number of hydrogen-bond acceptors (Lipinski definition) is 8. The number of piperazine rings is 1. The first-order chi connectivity index (χ1) is 14.9. The molecule has 2 N–H and O–H groups in total. The van der Waals surface area contributed by atoms with Crippen LogP contribution in [-0.2, 0) is 8.98 Å². The molecule has 3 rings (SSSR count). The zero-order valence-corrected chi connectivity index (χ0v) is 20.3. The van der Waals surface area contributed by atoms with Gasteiger partial charge in [-0.3, -0.25) is 10.0 Å². The van der Waals surface area contributed by atoms with Crippen molar-refractivity contribution in [3.8, 4) is 0 Å². The molecule has 0 atom stereocenters. The summed E-state index contributed by atoms with van der Waals surface area (Å²) in [7, 11) is 0. The number of piperidine rings is 1. The van der Waals surface area contributed by atoms with Gasteiger partial charge in [-0.1, -0.05) is 41.2 Å². The van der Waals surface area contributed by atoms with Crippen molar-refractivity contribution in [3.05, 3.63) is 28.2 Å². The van der Waals surface area contributed by atoms with Gasteiger partial charge in [0.2, 0.25) is 0 Å². The molecule has 2 heterocycles. The van der Waals surface area contributed by atoms with Crippen molar-refractivity contribution in [2.24, 2.45) is 5.41 Å². The lowest BCUT2D eigenvalue weighted by Gasteiger charge is -2.41. The molecule has 2 aliphatic heterocycles. The van der Waals surface area contributed by atoms with Crippen LogP contribution < -0.4 is 10.4 Å². The number of nitrogens with one attached hydrogen (secondary N) is 1. The minimum atomic E-state index is -0.737. The van der Waals surface area contributed by atoms with Crippen LogP contribution in [0, 0.1) is 5.41 Å². The minimum Gasteiger partial charge on any atom is -0.375 e. The van der Waals surface area contributed by atoms with Crippen molar-refractivity contribution in [1.82, 2.24) is 14.7 Å². The van der Waals surface area contributed by atoms with Gasteiger partial charge in [-0.15, -0.1) is 0 Å². The molecule has 2 amide bonds. The Kier molecular flexibility index (Phi) is 8.89. The highest BCUT2D eigenvalue weighted by atomic mass is 35.5. The first kappa shape index (κ1) is 24.6. The van der Waals surface area contributed by atoms with Gasteiger partial charge >= 0.3 is 6.09 Å². The van der Waals surface area contributed by atoms with Crippen molar-refractivity contribution >= 4 is 64.9 Å². The molecule has 0 saturated carbocycles. The van der Waals surface area contributed by atoms with Gasteiger partial charge in [0.05, 0.1) is 33.2 Å².